The fourth-order valence-electron chi connectivity index (χ4n) is 1.64. The summed E-state index contributed by atoms with van der Waals surface area (Å²) in [5.74, 6) is 0.531. The SMILES string of the molecule is CC(=O)NCc1conc1C1CCC1. The lowest BCUT2D eigenvalue weighted by Crippen LogP contribution is -2.20. The third-order valence-electron chi connectivity index (χ3n) is 2.69. The molecule has 1 N–H and O–H groups in total. The maximum absolute atomic E-state index is 10.7. The number of carbonyl (C=O) groups excluding carboxylic acids is 1. The largest absolute Gasteiger partial charge is 0.364 e. The smallest absolute Gasteiger partial charge is 0.217 e. The van der Waals surface area contributed by atoms with Crippen LogP contribution in [0.5, 0.6) is 0 Å². The molecule has 0 spiro atoms. The Morgan fingerprint density at radius 1 is 1.71 bits per heavy atom. The molecule has 0 unspecified atom stereocenters. The van der Waals surface area contributed by atoms with Crippen LogP contribution >= 0.6 is 0 Å². The number of amides is 1. The van der Waals surface area contributed by atoms with Gasteiger partial charge in [0.05, 0.1) is 5.69 Å². The van der Waals surface area contributed by atoms with E-state index >= 15 is 0 Å². The molecule has 0 aliphatic heterocycles. The van der Waals surface area contributed by atoms with Gasteiger partial charge in [0, 0.05) is 24.9 Å². The highest BCUT2D eigenvalue weighted by atomic mass is 16.5. The van der Waals surface area contributed by atoms with Crippen LogP contribution in [0.4, 0.5) is 0 Å². The van der Waals surface area contributed by atoms with Gasteiger partial charge in [0.2, 0.25) is 5.91 Å². The number of rotatable bonds is 3. The van der Waals surface area contributed by atoms with Crippen molar-refractivity contribution < 1.29 is 9.32 Å². The zero-order valence-corrected chi connectivity index (χ0v) is 8.25. The first-order valence-electron chi connectivity index (χ1n) is 4.95. The molecule has 0 bridgehead atoms. The maximum atomic E-state index is 10.7. The van der Waals surface area contributed by atoms with E-state index in [1.807, 2.05) is 0 Å². The van der Waals surface area contributed by atoms with Gasteiger partial charge < -0.3 is 9.84 Å². The van der Waals surface area contributed by atoms with Gasteiger partial charge in [-0.25, -0.2) is 0 Å². The van der Waals surface area contributed by atoms with E-state index < -0.39 is 0 Å². The van der Waals surface area contributed by atoms with E-state index in [4.69, 9.17) is 4.52 Å². The minimum atomic E-state index is -0.0224. The molecule has 0 radical (unpaired) electrons. The van der Waals surface area contributed by atoms with Gasteiger partial charge in [-0.15, -0.1) is 0 Å². The second-order valence-corrected chi connectivity index (χ2v) is 3.76. The molecule has 0 aromatic carbocycles. The lowest BCUT2D eigenvalue weighted by molar-refractivity contribution is -0.119. The number of nitrogens with zero attached hydrogens (tertiary/aromatic N) is 1. The minimum absolute atomic E-state index is 0.0224. The molecule has 0 saturated heterocycles. The van der Waals surface area contributed by atoms with Gasteiger partial charge in [-0.1, -0.05) is 11.6 Å². The summed E-state index contributed by atoms with van der Waals surface area (Å²) in [6.45, 7) is 2.04. The maximum Gasteiger partial charge on any atom is 0.217 e. The van der Waals surface area contributed by atoms with Crippen LogP contribution in [0, 0.1) is 0 Å². The Labute approximate surface area is 82.7 Å². The summed E-state index contributed by atoms with van der Waals surface area (Å²) in [5, 5.41) is 6.74. The van der Waals surface area contributed by atoms with Crippen LogP contribution < -0.4 is 5.32 Å². The summed E-state index contributed by atoms with van der Waals surface area (Å²) < 4.78 is 4.93. The van der Waals surface area contributed by atoms with E-state index in [2.05, 4.69) is 10.5 Å². The van der Waals surface area contributed by atoms with Crippen molar-refractivity contribution in [1.29, 1.82) is 0 Å². The van der Waals surface area contributed by atoms with Crippen LogP contribution in [0.2, 0.25) is 0 Å². The van der Waals surface area contributed by atoms with Gasteiger partial charge >= 0.3 is 0 Å². The zero-order chi connectivity index (χ0) is 9.97. The second kappa shape index (κ2) is 3.82. The fraction of sp³-hybridized carbons (Fsp3) is 0.600. The van der Waals surface area contributed by atoms with Gasteiger partial charge in [-0.05, 0) is 12.8 Å². The molecule has 1 amide bonds. The second-order valence-electron chi connectivity index (χ2n) is 3.76. The number of hydrogen-bond acceptors (Lipinski definition) is 3. The summed E-state index contributed by atoms with van der Waals surface area (Å²) in [7, 11) is 0. The minimum Gasteiger partial charge on any atom is -0.364 e. The van der Waals surface area contributed by atoms with Crippen molar-refractivity contribution >= 4 is 5.91 Å². The van der Waals surface area contributed by atoms with Crippen LogP contribution in [-0.2, 0) is 11.3 Å². The molecule has 1 aliphatic carbocycles. The van der Waals surface area contributed by atoms with E-state index in [1.54, 1.807) is 6.26 Å². The van der Waals surface area contributed by atoms with Crippen molar-refractivity contribution in [3.8, 4) is 0 Å². The lowest BCUT2D eigenvalue weighted by atomic mass is 9.81. The summed E-state index contributed by atoms with van der Waals surface area (Å²) in [5.41, 5.74) is 2.05. The summed E-state index contributed by atoms with van der Waals surface area (Å²) in [6, 6.07) is 0. The van der Waals surface area contributed by atoms with Crippen LogP contribution in [0.1, 0.15) is 43.4 Å². The Hall–Kier alpha value is -1.32. The molecule has 2 rings (SSSR count). The van der Waals surface area contributed by atoms with Gasteiger partial charge in [0.1, 0.15) is 6.26 Å². The van der Waals surface area contributed by atoms with Gasteiger partial charge in [0.15, 0.2) is 0 Å². The molecular formula is C10H14N2O2. The molecule has 1 fully saturated rings. The lowest BCUT2D eigenvalue weighted by Gasteiger charge is -2.23. The topological polar surface area (TPSA) is 55.1 Å². The van der Waals surface area contributed by atoms with Crippen molar-refractivity contribution in [3.05, 3.63) is 17.5 Å². The van der Waals surface area contributed by atoms with Crippen LogP contribution in [-0.4, -0.2) is 11.1 Å². The highest BCUT2D eigenvalue weighted by Crippen LogP contribution is 2.36. The van der Waals surface area contributed by atoms with E-state index in [0.29, 0.717) is 12.5 Å². The molecule has 1 aliphatic rings. The molecule has 1 aromatic rings. The van der Waals surface area contributed by atoms with Crippen molar-refractivity contribution in [3.63, 3.8) is 0 Å². The van der Waals surface area contributed by atoms with Crippen LogP contribution in [0.3, 0.4) is 0 Å². The highest BCUT2D eigenvalue weighted by Gasteiger charge is 2.25. The molecule has 14 heavy (non-hydrogen) atoms. The van der Waals surface area contributed by atoms with Gasteiger partial charge in [0.25, 0.3) is 0 Å². The van der Waals surface area contributed by atoms with E-state index in [9.17, 15) is 4.79 Å². The molecule has 1 aromatic heterocycles. The van der Waals surface area contributed by atoms with Crippen molar-refractivity contribution in [1.82, 2.24) is 10.5 Å². The van der Waals surface area contributed by atoms with Crippen molar-refractivity contribution in [2.45, 2.75) is 38.6 Å². The molecule has 4 heteroatoms. The Morgan fingerprint density at radius 2 is 2.50 bits per heavy atom. The average Bonchev–Trinajstić information content (AvgIpc) is 2.46. The molecular weight excluding hydrogens is 180 g/mol. The summed E-state index contributed by atoms with van der Waals surface area (Å²) >= 11 is 0. The molecule has 4 nitrogen and oxygen atoms in total. The first kappa shape index (κ1) is 9.24. The Balaban J connectivity index is 2.01. The van der Waals surface area contributed by atoms with Gasteiger partial charge in [-0.2, -0.15) is 0 Å². The first-order valence-corrected chi connectivity index (χ1v) is 4.95. The summed E-state index contributed by atoms with van der Waals surface area (Å²) in [6.07, 6.45) is 5.29. The quantitative estimate of drug-likeness (QED) is 0.794. The normalized spacial score (nSPS) is 16.4. The van der Waals surface area contributed by atoms with Crippen molar-refractivity contribution in [2.75, 3.05) is 0 Å². The Kier molecular flexibility index (Phi) is 2.52. The third kappa shape index (κ3) is 1.78. The average molecular weight is 194 g/mol. The predicted molar refractivity (Wildman–Crippen MR) is 50.6 cm³/mol. The molecule has 0 atom stereocenters. The highest BCUT2D eigenvalue weighted by molar-refractivity contribution is 5.72. The van der Waals surface area contributed by atoms with Gasteiger partial charge in [-0.3, -0.25) is 4.79 Å². The number of aromatic nitrogens is 1. The van der Waals surface area contributed by atoms with E-state index in [-0.39, 0.29) is 5.91 Å². The fourth-order valence-corrected chi connectivity index (χ4v) is 1.64. The van der Waals surface area contributed by atoms with E-state index in [1.165, 1.54) is 26.2 Å². The molecule has 1 heterocycles. The summed E-state index contributed by atoms with van der Waals surface area (Å²) in [4.78, 5) is 10.7. The zero-order valence-electron chi connectivity index (χ0n) is 8.25. The third-order valence-corrected chi connectivity index (χ3v) is 2.69. The standard InChI is InChI=1S/C10H14N2O2/c1-7(13)11-5-9-6-14-12-10(9)8-3-2-4-8/h6,8H,2-5H2,1H3,(H,11,13). The van der Waals surface area contributed by atoms with E-state index in [0.717, 1.165) is 11.3 Å². The molecule has 1 saturated carbocycles. The number of nitrogens with one attached hydrogen (secondary N) is 1. The number of carbonyl (C=O) groups is 1. The predicted octanol–water partition coefficient (Wildman–Crippen LogP) is 1.58. The Bertz CT molecular complexity index is 329. The Morgan fingerprint density at radius 3 is 3.07 bits per heavy atom. The van der Waals surface area contributed by atoms with Crippen molar-refractivity contribution in [2.24, 2.45) is 0 Å². The van der Waals surface area contributed by atoms with Crippen LogP contribution in [0.15, 0.2) is 10.8 Å². The first-order chi connectivity index (χ1) is 6.77. The molecule has 76 valence electrons. The number of hydrogen-bond donors (Lipinski definition) is 1. The monoisotopic (exact) mass is 194 g/mol. The van der Waals surface area contributed by atoms with Crippen LogP contribution in [0.25, 0.3) is 0 Å².